The normalized spacial score (nSPS) is 19.5. The summed E-state index contributed by atoms with van der Waals surface area (Å²) < 4.78 is 6.87. The Labute approximate surface area is 124 Å². The summed E-state index contributed by atoms with van der Waals surface area (Å²) in [5, 5.41) is 0. The van der Waals surface area contributed by atoms with E-state index < -0.39 is 11.8 Å². The number of allylic oxidation sites excluding steroid dienone is 1. The van der Waals surface area contributed by atoms with Crippen LogP contribution in [0, 0.1) is 5.41 Å². The van der Waals surface area contributed by atoms with E-state index in [0.717, 1.165) is 37.8 Å². The largest absolute Gasteiger partial charge is 0.460 e. The fourth-order valence-corrected chi connectivity index (χ4v) is 3.64. The van der Waals surface area contributed by atoms with Gasteiger partial charge in [-0.3, -0.25) is 4.79 Å². The highest BCUT2D eigenvalue weighted by Gasteiger charge is 2.55. The molecule has 0 radical (unpaired) electrons. The van der Waals surface area contributed by atoms with Gasteiger partial charge < -0.3 is 4.74 Å². The van der Waals surface area contributed by atoms with Gasteiger partial charge in [0.05, 0.1) is 12.2 Å². The molecule has 0 amide bonds. The van der Waals surface area contributed by atoms with E-state index in [1.54, 1.807) is 6.92 Å². The van der Waals surface area contributed by atoms with Gasteiger partial charge in [0.25, 0.3) is 5.78 Å². The molecule has 21 heavy (non-hydrogen) atoms. The van der Waals surface area contributed by atoms with Crippen molar-refractivity contribution < 1.29 is 18.9 Å². The van der Waals surface area contributed by atoms with Gasteiger partial charge in [-0.15, -0.1) is 0 Å². The van der Waals surface area contributed by atoms with Crippen LogP contribution in [0.3, 0.4) is 0 Å². The Kier molecular flexibility index (Phi) is 3.62. The first-order valence-electron chi connectivity index (χ1n) is 7.60. The second-order valence-electron chi connectivity index (χ2n) is 5.82. The van der Waals surface area contributed by atoms with Crippen LogP contribution in [0.2, 0.25) is 0 Å². The molecule has 3 rings (SSSR count). The number of hydrogen-bond donors (Lipinski definition) is 0. The highest BCUT2D eigenvalue weighted by atomic mass is 16.5. The van der Waals surface area contributed by atoms with Gasteiger partial charge in [-0.05, 0) is 19.8 Å². The number of ketones is 1. The lowest BCUT2D eigenvalue weighted by Crippen LogP contribution is -2.48. The minimum absolute atomic E-state index is 0.0813. The van der Waals surface area contributed by atoms with Crippen LogP contribution < -0.4 is 4.57 Å². The number of ether oxygens (including phenoxy) is 1. The third-order valence-electron chi connectivity index (χ3n) is 4.60. The van der Waals surface area contributed by atoms with Crippen molar-refractivity contribution in [1.29, 1.82) is 0 Å². The van der Waals surface area contributed by atoms with Crippen molar-refractivity contribution in [3.8, 4) is 0 Å². The monoisotopic (exact) mass is 286 g/mol. The maximum atomic E-state index is 12.5. The standard InChI is InChI=1S/C17H20NO3/c1-2-21-16(20)15(19)14-13(18-10-6-3-7-11-18)12-17(14)8-4-5-9-17/h3,6-7,10-11H,2,4-5,8-9,12H2,1H3/q+1. The second kappa shape index (κ2) is 5.43. The van der Waals surface area contributed by atoms with Crippen LogP contribution in [0.5, 0.6) is 0 Å². The molecule has 4 nitrogen and oxygen atoms in total. The van der Waals surface area contributed by atoms with Crippen LogP contribution in [0.4, 0.5) is 0 Å². The Bertz CT molecular complexity index is 598. The molecule has 1 saturated carbocycles. The zero-order valence-electron chi connectivity index (χ0n) is 12.3. The highest BCUT2D eigenvalue weighted by Crippen LogP contribution is 2.57. The van der Waals surface area contributed by atoms with Crippen molar-refractivity contribution in [3.63, 3.8) is 0 Å². The molecule has 0 atom stereocenters. The average Bonchev–Trinajstić information content (AvgIpc) is 2.97. The first-order valence-corrected chi connectivity index (χ1v) is 7.60. The molecule has 1 aromatic heterocycles. The first kappa shape index (κ1) is 14.0. The molecule has 0 bridgehead atoms. The Morgan fingerprint density at radius 2 is 1.86 bits per heavy atom. The van der Waals surface area contributed by atoms with Crippen molar-refractivity contribution in [2.75, 3.05) is 6.61 Å². The number of hydrogen-bond acceptors (Lipinski definition) is 3. The zero-order valence-corrected chi connectivity index (χ0v) is 12.3. The lowest BCUT2D eigenvalue weighted by atomic mass is 9.63. The third kappa shape index (κ3) is 2.28. The van der Waals surface area contributed by atoms with Gasteiger partial charge in [0.1, 0.15) is 0 Å². The summed E-state index contributed by atoms with van der Waals surface area (Å²) in [5.41, 5.74) is 1.56. The number of Topliss-reactive ketones (excluding diaryl/α,β-unsaturated/α-hetero) is 1. The molecule has 0 aliphatic heterocycles. The van der Waals surface area contributed by atoms with Crippen LogP contribution in [0.15, 0.2) is 36.2 Å². The number of aromatic nitrogens is 1. The molecule has 4 heteroatoms. The summed E-state index contributed by atoms with van der Waals surface area (Å²) >= 11 is 0. The molecule has 110 valence electrons. The van der Waals surface area contributed by atoms with Gasteiger partial charge in [-0.25, -0.2) is 4.79 Å². The van der Waals surface area contributed by atoms with Crippen molar-refractivity contribution in [1.82, 2.24) is 0 Å². The predicted octanol–water partition coefficient (Wildman–Crippen LogP) is 2.28. The lowest BCUT2D eigenvalue weighted by molar-refractivity contribution is -0.588. The fraction of sp³-hybridized carbons (Fsp3) is 0.471. The Hall–Kier alpha value is -1.97. The predicted molar refractivity (Wildman–Crippen MR) is 77.0 cm³/mol. The van der Waals surface area contributed by atoms with E-state index in [9.17, 15) is 9.59 Å². The quantitative estimate of drug-likeness (QED) is 0.484. The molecule has 1 heterocycles. The van der Waals surface area contributed by atoms with Crippen molar-refractivity contribution in [2.45, 2.75) is 39.0 Å². The van der Waals surface area contributed by atoms with E-state index in [-0.39, 0.29) is 12.0 Å². The molecule has 2 aliphatic carbocycles. The number of esters is 1. The van der Waals surface area contributed by atoms with Crippen LogP contribution in [-0.2, 0) is 14.3 Å². The Morgan fingerprint density at radius 1 is 1.19 bits per heavy atom. The number of nitrogens with zero attached hydrogens (tertiary/aromatic N) is 1. The molecule has 2 aliphatic rings. The molecular formula is C17H20NO3+. The van der Waals surface area contributed by atoms with Crippen molar-refractivity contribution in [3.05, 3.63) is 36.2 Å². The van der Waals surface area contributed by atoms with Gasteiger partial charge >= 0.3 is 5.97 Å². The van der Waals surface area contributed by atoms with Gasteiger partial charge in [-0.2, -0.15) is 4.57 Å². The Morgan fingerprint density at radius 3 is 2.48 bits per heavy atom. The molecule has 1 fully saturated rings. The summed E-state index contributed by atoms with van der Waals surface area (Å²) in [6.07, 6.45) is 9.00. The minimum atomic E-state index is -0.715. The van der Waals surface area contributed by atoms with Crippen LogP contribution in [-0.4, -0.2) is 18.4 Å². The summed E-state index contributed by atoms with van der Waals surface area (Å²) in [6, 6.07) is 5.80. The van der Waals surface area contributed by atoms with Gasteiger partial charge in [0, 0.05) is 24.0 Å². The maximum absolute atomic E-state index is 12.5. The molecule has 0 unspecified atom stereocenters. The minimum Gasteiger partial charge on any atom is -0.460 e. The molecular weight excluding hydrogens is 266 g/mol. The highest BCUT2D eigenvalue weighted by molar-refractivity contribution is 6.42. The number of pyridine rings is 1. The van der Waals surface area contributed by atoms with E-state index in [1.165, 1.54) is 0 Å². The van der Waals surface area contributed by atoms with Crippen molar-refractivity contribution in [2.24, 2.45) is 5.41 Å². The van der Waals surface area contributed by atoms with Gasteiger partial charge in [0.15, 0.2) is 18.1 Å². The summed E-state index contributed by atoms with van der Waals surface area (Å²) in [5.74, 6) is -1.16. The smallest absolute Gasteiger partial charge is 0.379 e. The van der Waals surface area contributed by atoms with E-state index in [0.29, 0.717) is 5.57 Å². The number of carbonyl (C=O) groups excluding carboxylic acids is 2. The van der Waals surface area contributed by atoms with Crippen LogP contribution in [0.1, 0.15) is 39.0 Å². The SMILES string of the molecule is CCOC(=O)C(=O)C1=C([n+]2ccccc2)CC12CCCC2. The lowest BCUT2D eigenvalue weighted by Gasteiger charge is -2.38. The fourth-order valence-electron chi connectivity index (χ4n) is 3.64. The van der Waals surface area contributed by atoms with Crippen LogP contribution >= 0.6 is 0 Å². The zero-order chi connectivity index (χ0) is 14.9. The molecule has 1 spiro atoms. The summed E-state index contributed by atoms with van der Waals surface area (Å²) in [4.78, 5) is 24.4. The second-order valence-corrected chi connectivity index (χ2v) is 5.82. The molecule has 0 aromatic carbocycles. The topological polar surface area (TPSA) is 47.3 Å². The summed E-state index contributed by atoms with van der Waals surface area (Å²) in [6.45, 7) is 1.96. The van der Waals surface area contributed by atoms with E-state index >= 15 is 0 Å². The van der Waals surface area contributed by atoms with Gasteiger partial charge in [-0.1, -0.05) is 18.9 Å². The number of carbonyl (C=O) groups is 2. The first-order chi connectivity index (χ1) is 10.2. The summed E-state index contributed by atoms with van der Waals surface area (Å²) in [7, 11) is 0. The average molecular weight is 286 g/mol. The molecule has 0 N–H and O–H groups in total. The molecule has 1 aromatic rings. The third-order valence-corrected chi connectivity index (χ3v) is 4.60. The maximum Gasteiger partial charge on any atom is 0.379 e. The van der Waals surface area contributed by atoms with E-state index in [2.05, 4.69) is 0 Å². The van der Waals surface area contributed by atoms with Gasteiger partial charge in [0.2, 0.25) is 0 Å². The van der Waals surface area contributed by atoms with E-state index in [1.807, 2.05) is 35.2 Å². The van der Waals surface area contributed by atoms with E-state index in [4.69, 9.17) is 4.74 Å². The molecule has 0 saturated heterocycles. The van der Waals surface area contributed by atoms with Crippen molar-refractivity contribution >= 4 is 17.4 Å². The Balaban J connectivity index is 2.00. The van der Waals surface area contributed by atoms with Crippen LogP contribution in [0.25, 0.3) is 5.70 Å². The number of rotatable bonds is 4.